The molecule has 3 unspecified atom stereocenters. The van der Waals surface area contributed by atoms with Crippen molar-refractivity contribution in [3.8, 4) is 0 Å². The highest BCUT2D eigenvalue weighted by Crippen LogP contribution is 2.32. The topological polar surface area (TPSA) is 12.0 Å². The van der Waals surface area contributed by atoms with E-state index in [9.17, 15) is 0 Å². The number of rotatable bonds is 5. The SMILES string of the molecule is CCCC(C)C1CCCCC1NCC. The van der Waals surface area contributed by atoms with Crippen molar-refractivity contribution in [2.45, 2.75) is 65.3 Å². The van der Waals surface area contributed by atoms with Gasteiger partial charge in [0.05, 0.1) is 0 Å². The first-order valence-corrected chi connectivity index (χ1v) is 6.53. The Morgan fingerprint density at radius 2 is 1.93 bits per heavy atom. The summed E-state index contributed by atoms with van der Waals surface area (Å²) in [6.45, 7) is 8.13. The van der Waals surface area contributed by atoms with E-state index in [0.717, 1.165) is 24.4 Å². The summed E-state index contributed by atoms with van der Waals surface area (Å²) in [5, 5.41) is 3.67. The molecule has 0 aromatic carbocycles. The van der Waals surface area contributed by atoms with Crippen LogP contribution in [0, 0.1) is 11.8 Å². The van der Waals surface area contributed by atoms with Crippen molar-refractivity contribution < 1.29 is 0 Å². The van der Waals surface area contributed by atoms with Crippen molar-refractivity contribution in [2.24, 2.45) is 11.8 Å². The molecule has 0 amide bonds. The Kier molecular flexibility index (Phi) is 5.54. The summed E-state index contributed by atoms with van der Waals surface area (Å²) in [5.74, 6) is 1.87. The normalized spacial score (nSPS) is 30.2. The average molecular weight is 197 g/mol. The first kappa shape index (κ1) is 12.0. The van der Waals surface area contributed by atoms with Gasteiger partial charge >= 0.3 is 0 Å². The van der Waals surface area contributed by atoms with Crippen LogP contribution in [0.1, 0.15) is 59.3 Å². The molecular weight excluding hydrogens is 170 g/mol. The van der Waals surface area contributed by atoms with Crippen LogP contribution in [0.3, 0.4) is 0 Å². The minimum Gasteiger partial charge on any atom is -0.314 e. The molecule has 0 heterocycles. The molecule has 0 aromatic rings. The second-order valence-corrected chi connectivity index (χ2v) is 4.88. The lowest BCUT2D eigenvalue weighted by Gasteiger charge is -2.36. The summed E-state index contributed by atoms with van der Waals surface area (Å²) < 4.78 is 0. The van der Waals surface area contributed by atoms with Gasteiger partial charge in [0.25, 0.3) is 0 Å². The van der Waals surface area contributed by atoms with E-state index in [0.29, 0.717) is 0 Å². The van der Waals surface area contributed by atoms with E-state index in [2.05, 4.69) is 26.1 Å². The van der Waals surface area contributed by atoms with Crippen LogP contribution in [0.25, 0.3) is 0 Å². The van der Waals surface area contributed by atoms with E-state index < -0.39 is 0 Å². The van der Waals surface area contributed by atoms with Crippen molar-refractivity contribution in [3.05, 3.63) is 0 Å². The standard InChI is InChI=1S/C13H27N/c1-4-8-11(3)12-9-6-7-10-13(12)14-5-2/h11-14H,4-10H2,1-3H3. The van der Waals surface area contributed by atoms with Gasteiger partial charge < -0.3 is 5.32 Å². The van der Waals surface area contributed by atoms with E-state index in [1.165, 1.54) is 38.5 Å². The van der Waals surface area contributed by atoms with Gasteiger partial charge in [0.1, 0.15) is 0 Å². The molecule has 1 nitrogen and oxygen atoms in total. The van der Waals surface area contributed by atoms with E-state index >= 15 is 0 Å². The lowest BCUT2D eigenvalue weighted by Crippen LogP contribution is -2.41. The molecule has 1 N–H and O–H groups in total. The summed E-state index contributed by atoms with van der Waals surface area (Å²) in [4.78, 5) is 0. The van der Waals surface area contributed by atoms with Crippen molar-refractivity contribution in [1.29, 1.82) is 0 Å². The second kappa shape index (κ2) is 6.44. The van der Waals surface area contributed by atoms with Crippen LogP contribution in [-0.4, -0.2) is 12.6 Å². The molecule has 0 radical (unpaired) electrons. The first-order valence-electron chi connectivity index (χ1n) is 6.53. The molecule has 0 saturated heterocycles. The van der Waals surface area contributed by atoms with Gasteiger partial charge in [-0.25, -0.2) is 0 Å². The smallest absolute Gasteiger partial charge is 0.00977 e. The molecule has 0 spiro atoms. The molecule has 1 aliphatic carbocycles. The first-order chi connectivity index (χ1) is 6.79. The molecule has 0 bridgehead atoms. The number of hydrogen-bond donors (Lipinski definition) is 1. The fourth-order valence-electron chi connectivity index (χ4n) is 3.03. The zero-order valence-corrected chi connectivity index (χ0v) is 10.2. The summed E-state index contributed by atoms with van der Waals surface area (Å²) in [5.41, 5.74) is 0. The molecule has 14 heavy (non-hydrogen) atoms. The largest absolute Gasteiger partial charge is 0.314 e. The quantitative estimate of drug-likeness (QED) is 0.710. The molecule has 84 valence electrons. The van der Waals surface area contributed by atoms with Crippen LogP contribution in [0.5, 0.6) is 0 Å². The van der Waals surface area contributed by atoms with Crippen LogP contribution in [0.4, 0.5) is 0 Å². The van der Waals surface area contributed by atoms with E-state index in [4.69, 9.17) is 0 Å². The van der Waals surface area contributed by atoms with Gasteiger partial charge in [0.15, 0.2) is 0 Å². The van der Waals surface area contributed by atoms with Crippen LogP contribution in [0.15, 0.2) is 0 Å². The second-order valence-electron chi connectivity index (χ2n) is 4.88. The van der Waals surface area contributed by atoms with Crippen molar-refractivity contribution in [1.82, 2.24) is 5.32 Å². The Morgan fingerprint density at radius 3 is 2.57 bits per heavy atom. The predicted octanol–water partition coefficient (Wildman–Crippen LogP) is 3.59. The van der Waals surface area contributed by atoms with Crippen molar-refractivity contribution in [3.63, 3.8) is 0 Å². The Hall–Kier alpha value is -0.0400. The van der Waals surface area contributed by atoms with Gasteiger partial charge in [-0.05, 0) is 31.2 Å². The van der Waals surface area contributed by atoms with Gasteiger partial charge in [0, 0.05) is 6.04 Å². The number of hydrogen-bond acceptors (Lipinski definition) is 1. The van der Waals surface area contributed by atoms with E-state index in [-0.39, 0.29) is 0 Å². The molecule has 1 heteroatoms. The third-order valence-electron chi connectivity index (χ3n) is 3.76. The third-order valence-corrected chi connectivity index (χ3v) is 3.76. The molecule has 1 aliphatic rings. The van der Waals surface area contributed by atoms with Crippen molar-refractivity contribution >= 4 is 0 Å². The lowest BCUT2D eigenvalue weighted by atomic mass is 9.75. The summed E-state index contributed by atoms with van der Waals surface area (Å²) in [6, 6.07) is 0.815. The predicted molar refractivity (Wildman–Crippen MR) is 63.5 cm³/mol. The van der Waals surface area contributed by atoms with E-state index in [1.807, 2.05) is 0 Å². The Bertz CT molecular complexity index is 142. The fourth-order valence-corrected chi connectivity index (χ4v) is 3.03. The summed E-state index contributed by atoms with van der Waals surface area (Å²) in [7, 11) is 0. The van der Waals surface area contributed by atoms with Gasteiger partial charge in [-0.2, -0.15) is 0 Å². The fraction of sp³-hybridized carbons (Fsp3) is 1.00. The molecular formula is C13H27N. The van der Waals surface area contributed by atoms with Crippen LogP contribution in [-0.2, 0) is 0 Å². The Balaban J connectivity index is 2.44. The summed E-state index contributed by atoms with van der Waals surface area (Å²) >= 11 is 0. The van der Waals surface area contributed by atoms with E-state index in [1.54, 1.807) is 0 Å². The van der Waals surface area contributed by atoms with Gasteiger partial charge in [0.2, 0.25) is 0 Å². The zero-order chi connectivity index (χ0) is 10.4. The maximum atomic E-state index is 3.67. The lowest BCUT2D eigenvalue weighted by molar-refractivity contribution is 0.189. The highest BCUT2D eigenvalue weighted by molar-refractivity contribution is 4.83. The monoisotopic (exact) mass is 197 g/mol. The molecule has 1 fully saturated rings. The maximum Gasteiger partial charge on any atom is 0.00977 e. The molecule has 1 rings (SSSR count). The average Bonchev–Trinajstić information content (AvgIpc) is 2.19. The van der Waals surface area contributed by atoms with Crippen molar-refractivity contribution in [2.75, 3.05) is 6.54 Å². The third kappa shape index (κ3) is 3.27. The molecule has 3 atom stereocenters. The van der Waals surface area contributed by atoms with Crippen LogP contribution >= 0.6 is 0 Å². The Morgan fingerprint density at radius 1 is 1.21 bits per heavy atom. The summed E-state index contributed by atoms with van der Waals surface area (Å²) in [6.07, 6.45) is 8.52. The highest BCUT2D eigenvalue weighted by Gasteiger charge is 2.27. The zero-order valence-electron chi connectivity index (χ0n) is 10.2. The minimum absolute atomic E-state index is 0.815. The van der Waals surface area contributed by atoms with Crippen LogP contribution < -0.4 is 5.32 Å². The maximum absolute atomic E-state index is 3.67. The van der Waals surface area contributed by atoms with Gasteiger partial charge in [-0.3, -0.25) is 0 Å². The minimum atomic E-state index is 0.815. The Labute approximate surface area is 89.7 Å². The van der Waals surface area contributed by atoms with Gasteiger partial charge in [-0.15, -0.1) is 0 Å². The van der Waals surface area contributed by atoms with Crippen LogP contribution in [0.2, 0.25) is 0 Å². The molecule has 0 aliphatic heterocycles. The van der Waals surface area contributed by atoms with Gasteiger partial charge in [-0.1, -0.05) is 46.5 Å². The molecule has 0 aromatic heterocycles. The number of nitrogens with one attached hydrogen (secondary N) is 1. The highest BCUT2D eigenvalue weighted by atomic mass is 14.9. The molecule has 1 saturated carbocycles.